The summed E-state index contributed by atoms with van der Waals surface area (Å²) >= 11 is 6.75. The van der Waals surface area contributed by atoms with Gasteiger partial charge < -0.3 is 9.64 Å². The molecule has 31 heavy (non-hydrogen) atoms. The molecule has 0 spiro atoms. The second-order valence-electron chi connectivity index (χ2n) is 7.35. The molecule has 1 aromatic carbocycles. The number of para-hydroxylation sites is 1. The Morgan fingerprint density at radius 1 is 1.26 bits per heavy atom. The zero-order chi connectivity index (χ0) is 22.6. The molecule has 0 saturated carbocycles. The van der Waals surface area contributed by atoms with Crippen LogP contribution in [0.3, 0.4) is 0 Å². The van der Waals surface area contributed by atoms with Gasteiger partial charge in [0.1, 0.15) is 4.21 Å². The lowest BCUT2D eigenvalue weighted by atomic mass is 9.99. The average Bonchev–Trinajstić information content (AvgIpc) is 3.20. The van der Waals surface area contributed by atoms with Crippen LogP contribution in [0.5, 0.6) is 0 Å². The number of rotatable bonds is 7. The number of halogens is 1. The average molecular weight is 485 g/mol. The molecule has 1 amide bonds. The van der Waals surface area contributed by atoms with Crippen molar-refractivity contribution in [1.82, 2.24) is 4.90 Å². The van der Waals surface area contributed by atoms with E-state index in [1.54, 1.807) is 24.0 Å². The van der Waals surface area contributed by atoms with Crippen molar-refractivity contribution in [3.05, 3.63) is 46.3 Å². The van der Waals surface area contributed by atoms with Crippen molar-refractivity contribution >= 4 is 50.5 Å². The highest BCUT2D eigenvalue weighted by molar-refractivity contribution is 7.94. The van der Waals surface area contributed by atoms with E-state index in [4.69, 9.17) is 16.3 Å². The van der Waals surface area contributed by atoms with Crippen LogP contribution in [0.2, 0.25) is 4.34 Å². The molecule has 1 fully saturated rings. The number of carbonyl (C=O) groups excluding carboxylic acids is 2. The lowest BCUT2D eigenvalue weighted by Crippen LogP contribution is -2.48. The number of carbonyl (C=O) groups is 2. The summed E-state index contributed by atoms with van der Waals surface area (Å²) in [6, 6.07) is 9.14. The van der Waals surface area contributed by atoms with E-state index in [0.29, 0.717) is 10.9 Å². The molecule has 3 rings (SSSR count). The van der Waals surface area contributed by atoms with Gasteiger partial charge in [-0.15, -0.1) is 11.3 Å². The van der Waals surface area contributed by atoms with Crippen LogP contribution in [0.4, 0.5) is 5.69 Å². The summed E-state index contributed by atoms with van der Waals surface area (Å²) in [5.41, 5.74) is 0.0974. The molecular formula is C21H25ClN2O5S2. The number of anilines is 1. The fourth-order valence-corrected chi connectivity index (χ4v) is 6.17. The Labute approximate surface area is 191 Å². The molecule has 1 aliphatic heterocycles. The number of hydrogen-bond donors (Lipinski definition) is 1. The second-order valence-corrected chi connectivity index (χ2v) is 11.0. The number of nitrogens with one attached hydrogen (secondary N) is 1. The van der Waals surface area contributed by atoms with Crippen LogP contribution < -0.4 is 4.72 Å². The first kappa shape index (κ1) is 23.6. The molecule has 1 aromatic heterocycles. The zero-order valence-electron chi connectivity index (χ0n) is 17.3. The predicted molar refractivity (Wildman–Crippen MR) is 121 cm³/mol. The molecule has 1 saturated heterocycles. The molecule has 0 bridgehead atoms. The summed E-state index contributed by atoms with van der Waals surface area (Å²) in [5.74, 6) is -1.00. The van der Waals surface area contributed by atoms with Gasteiger partial charge in [0.25, 0.3) is 15.9 Å². The van der Waals surface area contributed by atoms with Crippen molar-refractivity contribution in [2.45, 2.75) is 55.9 Å². The summed E-state index contributed by atoms with van der Waals surface area (Å²) in [5, 5.41) is 0. The number of thiophene rings is 1. The van der Waals surface area contributed by atoms with Gasteiger partial charge in [-0.3, -0.25) is 9.52 Å². The molecule has 7 nitrogen and oxygen atoms in total. The molecule has 168 valence electrons. The van der Waals surface area contributed by atoms with Gasteiger partial charge >= 0.3 is 5.97 Å². The minimum absolute atomic E-state index is 0.0269. The molecule has 1 aliphatic rings. The number of likely N-dealkylation sites (tertiary alicyclic amines) is 1. The number of hydrogen-bond acceptors (Lipinski definition) is 6. The maximum absolute atomic E-state index is 12.9. The Morgan fingerprint density at radius 3 is 2.68 bits per heavy atom. The number of piperidine rings is 1. The number of esters is 1. The van der Waals surface area contributed by atoms with Gasteiger partial charge in [0.2, 0.25) is 0 Å². The summed E-state index contributed by atoms with van der Waals surface area (Å²) in [6.45, 7) is 4.23. The monoisotopic (exact) mass is 484 g/mol. The number of amides is 1. The fourth-order valence-electron chi connectivity index (χ4n) is 3.61. The maximum atomic E-state index is 12.9. The molecule has 2 heterocycles. The third kappa shape index (κ3) is 5.58. The normalized spacial score (nSPS) is 17.8. The lowest BCUT2D eigenvalue weighted by Gasteiger charge is -2.36. The van der Waals surface area contributed by atoms with E-state index in [1.807, 2.05) is 6.92 Å². The van der Waals surface area contributed by atoms with Crippen molar-refractivity contribution in [1.29, 1.82) is 0 Å². The van der Waals surface area contributed by atoms with Gasteiger partial charge in [-0.2, -0.15) is 0 Å². The SMILES string of the molecule is CC[C@@H]1CCCCN1C(=O)[C@H](C)OC(=O)c1ccccc1NS(=O)(=O)c1ccc(Cl)s1. The number of sulfonamides is 1. The van der Waals surface area contributed by atoms with Crippen LogP contribution in [-0.2, 0) is 19.6 Å². The standard InChI is InChI=1S/C21H25ClN2O5S2/c1-3-15-8-6-7-13-24(15)20(25)14(2)29-21(26)16-9-4-5-10-17(16)23-31(27,28)19-12-11-18(22)30-19/h4-5,9-12,14-15,23H,3,6-8,13H2,1-2H3/t14-,15+/m0/s1. The van der Waals surface area contributed by atoms with Crippen LogP contribution in [0, 0.1) is 0 Å². The van der Waals surface area contributed by atoms with Gasteiger partial charge in [-0.25, -0.2) is 13.2 Å². The van der Waals surface area contributed by atoms with E-state index in [2.05, 4.69) is 4.72 Å². The van der Waals surface area contributed by atoms with Crippen LogP contribution in [-0.4, -0.2) is 43.9 Å². The van der Waals surface area contributed by atoms with E-state index < -0.39 is 22.1 Å². The van der Waals surface area contributed by atoms with Crippen molar-refractivity contribution in [3.63, 3.8) is 0 Å². The van der Waals surface area contributed by atoms with Crippen LogP contribution in [0.25, 0.3) is 0 Å². The molecule has 2 atom stereocenters. The van der Waals surface area contributed by atoms with Crippen molar-refractivity contribution < 1.29 is 22.7 Å². The third-order valence-electron chi connectivity index (χ3n) is 5.22. The second kappa shape index (κ2) is 10.0. The minimum Gasteiger partial charge on any atom is -0.449 e. The van der Waals surface area contributed by atoms with Crippen LogP contribution >= 0.6 is 22.9 Å². The summed E-state index contributed by atoms with van der Waals surface area (Å²) in [7, 11) is -3.92. The van der Waals surface area contributed by atoms with E-state index in [1.165, 1.54) is 24.3 Å². The number of nitrogens with zero attached hydrogens (tertiary/aromatic N) is 1. The van der Waals surface area contributed by atoms with E-state index in [9.17, 15) is 18.0 Å². The molecule has 1 N–H and O–H groups in total. The van der Waals surface area contributed by atoms with Gasteiger partial charge in [0.15, 0.2) is 6.10 Å². The number of ether oxygens (including phenoxy) is 1. The minimum atomic E-state index is -3.92. The smallest absolute Gasteiger partial charge is 0.341 e. The zero-order valence-corrected chi connectivity index (χ0v) is 19.7. The Morgan fingerprint density at radius 2 is 2.00 bits per heavy atom. The quantitative estimate of drug-likeness (QED) is 0.582. The Balaban J connectivity index is 1.74. The topological polar surface area (TPSA) is 92.8 Å². The Kier molecular flexibility index (Phi) is 7.61. The van der Waals surface area contributed by atoms with E-state index >= 15 is 0 Å². The first-order valence-electron chi connectivity index (χ1n) is 10.1. The van der Waals surface area contributed by atoms with Gasteiger partial charge in [-0.05, 0) is 56.9 Å². The highest BCUT2D eigenvalue weighted by Gasteiger charge is 2.31. The molecule has 10 heteroatoms. The number of benzene rings is 1. The first-order chi connectivity index (χ1) is 14.7. The molecule has 0 radical (unpaired) electrons. The first-order valence-corrected chi connectivity index (χ1v) is 12.8. The largest absolute Gasteiger partial charge is 0.449 e. The van der Waals surface area contributed by atoms with Gasteiger partial charge in [0.05, 0.1) is 15.6 Å². The Hall–Kier alpha value is -2.10. The highest BCUT2D eigenvalue weighted by Crippen LogP contribution is 2.28. The molecule has 0 unspecified atom stereocenters. The van der Waals surface area contributed by atoms with Crippen LogP contribution in [0.15, 0.2) is 40.6 Å². The molecule has 2 aromatic rings. The Bertz CT molecular complexity index is 1050. The van der Waals surface area contributed by atoms with Crippen molar-refractivity contribution in [2.75, 3.05) is 11.3 Å². The predicted octanol–water partition coefficient (Wildman–Crippen LogP) is 4.54. The van der Waals surface area contributed by atoms with E-state index in [0.717, 1.165) is 37.0 Å². The van der Waals surface area contributed by atoms with Gasteiger partial charge in [0, 0.05) is 12.6 Å². The van der Waals surface area contributed by atoms with Crippen LogP contribution in [0.1, 0.15) is 49.9 Å². The molecule has 0 aliphatic carbocycles. The van der Waals surface area contributed by atoms with E-state index in [-0.39, 0.29) is 27.4 Å². The van der Waals surface area contributed by atoms with Gasteiger partial charge in [-0.1, -0.05) is 30.7 Å². The summed E-state index contributed by atoms with van der Waals surface area (Å²) in [4.78, 5) is 27.4. The maximum Gasteiger partial charge on any atom is 0.341 e. The van der Waals surface area contributed by atoms with Crippen molar-refractivity contribution in [3.8, 4) is 0 Å². The fraction of sp³-hybridized carbons (Fsp3) is 0.429. The summed E-state index contributed by atoms with van der Waals surface area (Å²) < 4.78 is 33.4. The molecular weight excluding hydrogens is 460 g/mol. The summed E-state index contributed by atoms with van der Waals surface area (Å²) in [6.07, 6.45) is 2.84. The van der Waals surface area contributed by atoms with Crippen molar-refractivity contribution in [2.24, 2.45) is 0 Å². The third-order valence-corrected chi connectivity index (χ3v) is 8.31. The lowest BCUT2D eigenvalue weighted by molar-refractivity contribution is -0.143. The highest BCUT2D eigenvalue weighted by atomic mass is 35.5.